The molecule has 2 atom stereocenters. The lowest BCUT2D eigenvalue weighted by molar-refractivity contribution is -0.157. The number of imidazole rings is 1. The predicted molar refractivity (Wildman–Crippen MR) is 153 cm³/mol. The maximum Gasteiger partial charge on any atom is 0.313 e. The first kappa shape index (κ1) is 26.7. The smallest absolute Gasteiger partial charge is 0.313 e. The van der Waals surface area contributed by atoms with Crippen LogP contribution in [0.3, 0.4) is 0 Å². The largest absolute Gasteiger partial charge is 0.497 e. The molecule has 0 bridgehead atoms. The van der Waals surface area contributed by atoms with E-state index in [0.717, 1.165) is 61.0 Å². The van der Waals surface area contributed by atoms with E-state index >= 15 is 0 Å². The number of hydrogen-bond donors (Lipinski definition) is 2. The highest BCUT2D eigenvalue weighted by Crippen LogP contribution is 2.30. The molecule has 1 fully saturated rings. The number of carbonyl (C=O) groups excluding carboxylic acids is 1. The van der Waals surface area contributed by atoms with E-state index in [1.54, 1.807) is 11.8 Å². The molecule has 1 aliphatic carbocycles. The Kier molecular flexibility index (Phi) is 7.06. The Morgan fingerprint density at radius 1 is 1.12 bits per heavy atom. The maximum absolute atomic E-state index is 12.0. The molecule has 0 amide bonds. The molecule has 6 rings (SSSR count). The second-order valence-electron chi connectivity index (χ2n) is 11.7. The van der Waals surface area contributed by atoms with Crippen molar-refractivity contribution in [2.75, 3.05) is 30.4 Å². The Bertz CT molecular complexity index is 1520. The van der Waals surface area contributed by atoms with Crippen molar-refractivity contribution >= 4 is 17.9 Å². The number of aromatic nitrogens is 7. The van der Waals surface area contributed by atoms with Crippen LogP contribution >= 0.6 is 0 Å². The molecule has 2 aliphatic rings. The van der Waals surface area contributed by atoms with Gasteiger partial charge in [-0.1, -0.05) is 11.3 Å². The summed E-state index contributed by atoms with van der Waals surface area (Å²) in [7, 11) is 1.69. The lowest BCUT2D eigenvalue weighted by atomic mass is 9.98. The van der Waals surface area contributed by atoms with Gasteiger partial charge in [0.25, 0.3) is 0 Å². The van der Waals surface area contributed by atoms with Crippen molar-refractivity contribution in [2.24, 2.45) is 5.41 Å². The maximum atomic E-state index is 12.0. The first-order valence-corrected chi connectivity index (χ1v) is 13.9. The van der Waals surface area contributed by atoms with Gasteiger partial charge in [-0.3, -0.25) is 4.79 Å². The highest BCUT2D eigenvalue weighted by Gasteiger charge is 2.29. The van der Waals surface area contributed by atoms with Crippen LogP contribution < -0.4 is 15.0 Å². The van der Waals surface area contributed by atoms with E-state index < -0.39 is 5.41 Å². The number of fused-ring (bicyclic) bond motifs is 1. The van der Waals surface area contributed by atoms with E-state index in [2.05, 4.69) is 52.6 Å². The number of carbonyl (C=O) groups is 1. The van der Waals surface area contributed by atoms with Crippen LogP contribution in [0.4, 0.5) is 11.9 Å². The van der Waals surface area contributed by atoms with Crippen LogP contribution in [0.2, 0.25) is 0 Å². The number of hydrogen-bond acceptors (Lipinski definition) is 10. The second kappa shape index (κ2) is 10.8. The lowest BCUT2D eigenvalue weighted by Crippen LogP contribution is -2.24. The average Bonchev–Trinajstić information content (AvgIpc) is 3.76. The van der Waals surface area contributed by atoms with Gasteiger partial charge in [-0.15, -0.1) is 5.10 Å². The molecule has 41 heavy (non-hydrogen) atoms. The van der Waals surface area contributed by atoms with Gasteiger partial charge >= 0.3 is 5.97 Å². The topological polar surface area (TPSA) is 136 Å². The third kappa shape index (κ3) is 5.86. The fourth-order valence-corrected chi connectivity index (χ4v) is 5.26. The summed E-state index contributed by atoms with van der Waals surface area (Å²) in [5, 5.41) is 11.9. The molecule has 2 N–H and O–H groups in total. The van der Waals surface area contributed by atoms with Crippen molar-refractivity contribution in [3.8, 4) is 17.0 Å². The van der Waals surface area contributed by atoms with Gasteiger partial charge in [0, 0.05) is 43.0 Å². The van der Waals surface area contributed by atoms with Gasteiger partial charge < -0.3 is 24.7 Å². The normalized spacial score (nSPS) is 18.4. The molecule has 3 aromatic heterocycles. The number of ether oxygens (including phenoxy) is 2. The Balaban J connectivity index is 1.03. The Morgan fingerprint density at radius 2 is 1.93 bits per heavy atom. The van der Waals surface area contributed by atoms with Crippen molar-refractivity contribution in [1.29, 1.82) is 0 Å². The van der Waals surface area contributed by atoms with Crippen molar-refractivity contribution in [3.63, 3.8) is 0 Å². The van der Waals surface area contributed by atoms with Crippen LogP contribution in [0, 0.1) is 5.41 Å². The standard InChI is InChI=1S/C29H35N9O3/c1-29(2,3)26(39)41-17-38-16-25(35-36-38)19-7-8-37(15-19)28-32-14-24(34-28)21-12-30-27(31-13-21)33-22-9-18-5-6-23(40-4)11-20(18)10-22/h5-6,11-14,16,19,22H,7-10,15,17H2,1-4H3,(H,32,34)(H,30,31,33). The van der Waals surface area contributed by atoms with Gasteiger partial charge in [0.15, 0.2) is 6.73 Å². The summed E-state index contributed by atoms with van der Waals surface area (Å²) < 4.78 is 12.3. The summed E-state index contributed by atoms with van der Waals surface area (Å²) in [6, 6.07) is 6.50. The van der Waals surface area contributed by atoms with Gasteiger partial charge in [0.1, 0.15) is 5.75 Å². The van der Waals surface area contributed by atoms with Crippen LogP contribution in [-0.4, -0.2) is 67.1 Å². The van der Waals surface area contributed by atoms with Gasteiger partial charge in [-0.05, 0) is 63.3 Å². The zero-order chi connectivity index (χ0) is 28.6. The molecule has 4 heterocycles. The first-order valence-electron chi connectivity index (χ1n) is 13.9. The van der Waals surface area contributed by atoms with Gasteiger partial charge in [0.05, 0.1) is 36.3 Å². The average molecular weight is 558 g/mol. The summed E-state index contributed by atoms with van der Waals surface area (Å²) >= 11 is 0. The summed E-state index contributed by atoms with van der Waals surface area (Å²) in [5.74, 6) is 2.24. The number of methoxy groups -OCH3 is 1. The number of nitrogens with zero attached hydrogens (tertiary/aromatic N) is 7. The third-order valence-corrected chi connectivity index (χ3v) is 7.61. The zero-order valence-electron chi connectivity index (χ0n) is 23.8. The Labute approximate surface area is 238 Å². The highest BCUT2D eigenvalue weighted by atomic mass is 16.5. The van der Waals surface area contributed by atoms with Crippen molar-refractivity contribution < 1.29 is 14.3 Å². The van der Waals surface area contributed by atoms with E-state index in [9.17, 15) is 4.79 Å². The molecule has 1 aromatic carbocycles. The number of anilines is 2. The molecule has 0 saturated carbocycles. The van der Waals surface area contributed by atoms with Crippen LogP contribution in [0.25, 0.3) is 11.3 Å². The van der Waals surface area contributed by atoms with E-state index in [1.807, 2.05) is 51.6 Å². The number of aromatic amines is 1. The van der Waals surface area contributed by atoms with Crippen LogP contribution in [-0.2, 0) is 29.1 Å². The Morgan fingerprint density at radius 3 is 2.71 bits per heavy atom. The molecule has 12 heteroatoms. The molecule has 0 radical (unpaired) electrons. The molecule has 0 spiro atoms. The lowest BCUT2D eigenvalue weighted by Gasteiger charge is -2.16. The van der Waals surface area contributed by atoms with Crippen LogP contribution in [0.5, 0.6) is 5.75 Å². The quantitative estimate of drug-likeness (QED) is 0.309. The fourth-order valence-electron chi connectivity index (χ4n) is 5.26. The molecular weight excluding hydrogens is 522 g/mol. The molecule has 12 nitrogen and oxygen atoms in total. The Hall–Kier alpha value is -4.48. The molecule has 4 aromatic rings. The number of rotatable bonds is 8. The monoisotopic (exact) mass is 557 g/mol. The number of benzene rings is 1. The van der Waals surface area contributed by atoms with Crippen molar-refractivity contribution in [1.82, 2.24) is 34.9 Å². The zero-order valence-corrected chi connectivity index (χ0v) is 23.8. The number of H-pyrrole nitrogens is 1. The van der Waals surface area contributed by atoms with Gasteiger partial charge in [-0.25, -0.2) is 19.6 Å². The summed E-state index contributed by atoms with van der Waals surface area (Å²) in [6.45, 7) is 7.14. The number of nitrogens with one attached hydrogen (secondary N) is 2. The third-order valence-electron chi connectivity index (χ3n) is 7.61. The molecule has 2 unspecified atom stereocenters. The van der Waals surface area contributed by atoms with E-state index in [0.29, 0.717) is 5.95 Å². The first-order chi connectivity index (χ1) is 19.7. The van der Waals surface area contributed by atoms with E-state index in [-0.39, 0.29) is 24.7 Å². The fraction of sp³-hybridized carbons (Fsp3) is 0.448. The molecule has 1 saturated heterocycles. The minimum absolute atomic E-state index is 0.0565. The predicted octanol–water partition coefficient (Wildman–Crippen LogP) is 3.59. The van der Waals surface area contributed by atoms with E-state index in [1.165, 1.54) is 11.1 Å². The molecular formula is C29H35N9O3. The van der Waals surface area contributed by atoms with Gasteiger partial charge in [-0.2, -0.15) is 0 Å². The van der Waals surface area contributed by atoms with Crippen LogP contribution in [0.1, 0.15) is 49.9 Å². The number of esters is 1. The SMILES string of the molecule is COc1ccc2c(c1)CC(Nc1ncc(-c3cnc(N4CCC(c5cn(COC(=O)C(C)(C)C)nn5)C4)[nH]3)cn1)C2. The second-order valence-corrected chi connectivity index (χ2v) is 11.7. The van der Waals surface area contributed by atoms with Crippen LogP contribution in [0.15, 0.2) is 43.0 Å². The minimum Gasteiger partial charge on any atom is -0.497 e. The summed E-state index contributed by atoms with van der Waals surface area (Å²) in [5.41, 5.74) is 4.70. The van der Waals surface area contributed by atoms with Crippen molar-refractivity contribution in [2.45, 2.75) is 58.7 Å². The highest BCUT2D eigenvalue weighted by molar-refractivity contribution is 5.75. The molecule has 214 valence electrons. The minimum atomic E-state index is -0.555. The van der Waals surface area contributed by atoms with Crippen molar-refractivity contribution in [3.05, 3.63) is 59.8 Å². The van der Waals surface area contributed by atoms with Gasteiger partial charge in [0.2, 0.25) is 11.9 Å². The van der Waals surface area contributed by atoms with E-state index in [4.69, 9.17) is 9.47 Å². The summed E-state index contributed by atoms with van der Waals surface area (Å²) in [4.78, 5) is 31.4. The molecule has 1 aliphatic heterocycles. The summed E-state index contributed by atoms with van der Waals surface area (Å²) in [6.07, 6.45) is 10.1.